The summed E-state index contributed by atoms with van der Waals surface area (Å²) in [6, 6.07) is 5.05. The fraction of sp³-hybridized carbons (Fsp3) is 0.188. The number of pyridine rings is 1. The summed E-state index contributed by atoms with van der Waals surface area (Å²) in [6.07, 6.45) is 3.47. The van der Waals surface area contributed by atoms with Gasteiger partial charge in [0.1, 0.15) is 5.75 Å². The number of nitrogens with one attached hydrogen (secondary N) is 2. The number of anilines is 1. The highest BCUT2D eigenvalue weighted by atomic mass is 32.2. The molecule has 6 nitrogen and oxygen atoms in total. The van der Waals surface area contributed by atoms with Gasteiger partial charge in [-0.15, -0.1) is 0 Å². The molecule has 0 fully saturated rings. The maximum atomic E-state index is 12.0. The van der Waals surface area contributed by atoms with E-state index in [1.165, 1.54) is 17.8 Å². The number of thioether (sulfide) groups is 1. The van der Waals surface area contributed by atoms with Crippen molar-refractivity contribution in [2.24, 2.45) is 0 Å². The highest BCUT2D eigenvalue weighted by Gasteiger charge is 2.09. The van der Waals surface area contributed by atoms with Crippen molar-refractivity contribution >= 4 is 34.4 Å². The number of aryl methyl sites for hydroxylation is 2. The minimum atomic E-state index is -0.159. The molecule has 2 aromatic heterocycles. The first-order chi connectivity index (χ1) is 11.0. The molecule has 2 heterocycles. The predicted octanol–water partition coefficient (Wildman–Crippen LogP) is 3.01. The first-order valence-corrected chi connectivity index (χ1v) is 8.04. The summed E-state index contributed by atoms with van der Waals surface area (Å²) in [5.41, 5.74) is 4.06. The SMILES string of the molecule is Cc1ccc(NC(=O)CSc2nc3c(C)cncc3[nH]2)cc1O. The van der Waals surface area contributed by atoms with E-state index in [9.17, 15) is 9.90 Å². The van der Waals surface area contributed by atoms with Crippen LogP contribution in [0.4, 0.5) is 5.69 Å². The number of aromatic hydroxyl groups is 1. The zero-order valence-electron chi connectivity index (χ0n) is 12.8. The van der Waals surface area contributed by atoms with Gasteiger partial charge in [0.15, 0.2) is 5.16 Å². The number of aromatic nitrogens is 3. The van der Waals surface area contributed by atoms with Gasteiger partial charge in [0.05, 0.1) is 23.0 Å². The summed E-state index contributed by atoms with van der Waals surface area (Å²) in [6.45, 7) is 3.75. The molecule has 3 N–H and O–H groups in total. The quantitative estimate of drug-likeness (QED) is 0.640. The molecule has 0 atom stereocenters. The molecule has 3 rings (SSSR count). The maximum absolute atomic E-state index is 12.0. The van der Waals surface area contributed by atoms with Crippen LogP contribution in [0.5, 0.6) is 5.75 Å². The Bertz CT molecular complexity index is 876. The number of phenolic OH excluding ortho intramolecular Hbond substituents is 1. The Morgan fingerprint density at radius 3 is 2.87 bits per heavy atom. The van der Waals surface area contributed by atoms with Crippen molar-refractivity contribution in [1.29, 1.82) is 0 Å². The number of H-pyrrole nitrogens is 1. The Morgan fingerprint density at radius 1 is 1.30 bits per heavy atom. The van der Waals surface area contributed by atoms with Crippen molar-refractivity contribution in [3.8, 4) is 5.75 Å². The van der Waals surface area contributed by atoms with Gasteiger partial charge in [-0.3, -0.25) is 9.78 Å². The van der Waals surface area contributed by atoms with Gasteiger partial charge >= 0.3 is 0 Å². The Balaban J connectivity index is 1.63. The molecular formula is C16H16N4O2S. The highest BCUT2D eigenvalue weighted by molar-refractivity contribution is 7.99. The molecule has 0 radical (unpaired) electrons. The second kappa shape index (κ2) is 6.29. The van der Waals surface area contributed by atoms with Crippen LogP contribution < -0.4 is 5.32 Å². The van der Waals surface area contributed by atoms with E-state index >= 15 is 0 Å². The van der Waals surface area contributed by atoms with Crippen molar-refractivity contribution in [1.82, 2.24) is 15.0 Å². The lowest BCUT2D eigenvalue weighted by Crippen LogP contribution is -2.14. The Kier molecular flexibility index (Phi) is 4.20. The van der Waals surface area contributed by atoms with Gasteiger partial charge in [-0.05, 0) is 31.0 Å². The van der Waals surface area contributed by atoms with Crippen molar-refractivity contribution in [2.75, 3.05) is 11.1 Å². The topological polar surface area (TPSA) is 90.9 Å². The van der Waals surface area contributed by atoms with E-state index in [0.29, 0.717) is 10.8 Å². The van der Waals surface area contributed by atoms with Crippen LogP contribution in [0.1, 0.15) is 11.1 Å². The number of carbonyl (C=O) groups is 1. The van der Waals surface area contributed by atoms with Crippen LogP contribution in [0.2, 0.25) is 0 Å². The third-order valence-electron chi connectivity index (χ3n) is 3.39. The average Bonchev–Trinajstić information content (AvgIpc) is 2.94. The number of aromatic amines is 1. The third-order valence-corrected chi connectivity index (χ3v) is 4.26. The van der Waals surface area contributed by atoms with Crippen LogP contribution in [-0.2, 0) is 4.79 Å². The molecule has 0 aliphatic carbocycles. The van der Waals surface area contributed by atoms with Gasteiger partial charge in [-0.2, -0.15) is 0 Å². The largest absolute Gasteiger partial charge is 0.508 e. The Hall–Kier alpha value is -2.54. The average molecular weight is 328 g/mol. The van der Waals surface area contributed by atoms with E-state index in [2.05, 4.69) is 20.3 Å². The van der Waals surface area contributed by atoms with Crippen LogP contribution in [0.25, 0.3) is 11.0 Å². The van der Waals surface area contributed by atoms with Crippen LogP contribution in [0, 0.1) is 13.8 Å². The highest BCUT2D eigenvalue weighted by Crippen LogP contribution is 2.23. The fourth-order valence-electron chi connectivity index (χ4n) is 2.13. The lowest BCUT2D eigenvalue weighted by Gasteiger charge is -2.06. The van der Waals surface area contributed by atoms with Crippen molar-refractivity contribution < 1.29 is 9.90 Å². The van der Waals surface area contributed by atoms with Crippen molar-refractivity contribution in [3.05, 3.63) is 41.7 Å². The fourth-order valence-corrected chi connectivity index (χ4v) is 2.81. The second-order valence-electron chi connectivity index (χ2n) is 5.23. The van der Waals surface area contributed by atoms with E-state index in [1.807, 2.05) is 6.92 Å². The lowest BCUT2D eigenvalue weighted by molar-refractivity contribution is -0.113. The summed E-state index contributed by atoms with van der Waals surface area (Å²) >= 11 is 1.32. The molecule has 0 saturated heterocycles. The monoisotopic (exact) mass is 328 g/mol. The Labute approximate surface area is 137 Å². The number of rotatable bonds is 4. The zero-order chi connectivity index (χ0) is 16.4. The number of hydrogen-bond donors (Lipinski definition) is 3. The number of imidazole rings is 1. The van der Waals surface area contributed by atoms with E-state index < -0.39 is 0 Å². The molecule has 3 aromatic rings. The van der Waals surface area contributed by atoms with E-state index in [1.54, 1.807) is 31.5 Å². The summed E-state index contributed by atoms with van der Waals surface area (Å²) in [5.74, 6) is 0.227. The predicted molar refractivity (Wildman–Crippen MR) is 90.8 cm³/mol. The second-order valence-corrected chi connectivity index (χ2v) is 6.20. The summed E-state index contributed by atoms with van der Waals surface area (Å²) in [7, 11) is 0. The molecule has 0 saturated carbocycles. The smallest absolute Gasteiger partial charge is 0.234 e. The molecular weight excluding hydrogens is 312 g/mol. The first-order valence-electron chi connectivity index (χ1n) is 7.05. The summed E-state index contributed by atoms with van der Waals surface area (Å²) < 4.78 is 0. The van der Waals surface area contributed by atoms with E-state index in [4.69, 9.17) is 0 Å². The molecule has 0 spiro atoms. The standard InChI is InChI=1S/C16H16N4O2S/c1-9-3-4-11(5-13(9)21)18-14(22)8-23-16-19-12-7-17-6-10(2)15(12)20-16/h3-7,21H,8H2,1-2H3,(H,18,22)(H,19,20). The van der Waals surface area contributed by atoms with E-state index in [-0.39, 0.29) is 17.4 Å². The molecule has 0 bridgehead atoms. The van der Waals surface area contributed by atoms with Crippen LogP contribution in [0.15, 0.2) is 35.7 Å². The molecule has 0 aliphatic heterocycles. The maximum Gasteiger partial charge on any atom is 0.234 e. The zero-order valence-corrected chi connectivity index (χ0v) is 13.6. The molecule has 23 heavy (non-hydrogen) atoms. The number of phenols is 1. The van der Waals surface area contributed by atoms with Gasteiger partial charge in [0.2, 0.25) is 5.91 Å². The number of hydrogen-bond acceptors (Lipinski definition) is 5. The Morgan fingerprint density at radius 2 is 2.13 bits per heavy atom. The molecule has 0 unspecified atom stereocenters. The van der Waals surface area contributed by atoms with Gasteiger partial charge in [0, 0.05) is 18.0 Å². The van der Waals surface area contributed by atoms with Gasteiger partial charge in [-0.1, -0.05) is 17.8 Å². The summed E-state index contributed by atoms with van der Waals surface area (Å²) in [4.78, 5) is 23.7. The lowest BCUT2D eigenvalue weighted by atomic mass is 10.2. The molecule has 7 heteroatoms. The number of nitrogens with zero attached hydrogens (tertiary/aromatic N) is 2. The van der Waals surface area contributed by atoms with Gasteiger partial charge < -0.3 is 15.4 Å². The number of carbonyl (C=O) groups excluding carboxylic acids is 1. The van der Waals surface area contributed by atoms with Crippen molar-refractivity contribution in [2.45, 2.75) is 19.0 Å². The van der Waals surface area contributed by atoms with Crippen LogP contribution in [0.3, 0.4) is 0 Å². The minimum absolute atomic E-state index is 0.159. The normalized spacial score (nSPS) is 10.9. The molecule has 1 aromatic carbocycles. The molecule has 0 aliphatic rings. The van der Waals surface area contributed by atoms with Gasteiger partial charge in [-0.25, -0.2) is 4.98 Å². The molecule has 118 valence electrons. The van der Waals surface area contributed by atoms with Crippen LogP contribution in [-0.4, -0.2) is 31.7 Å². The van der Waals surface area contributed by atoms with Gasteiger partial charge in [0.25, 0.3) is 0 Å². The van der Waals surface area contributed by atoms with Crippen molar-refractivity contribution in [3.63, 3.8) is 0 Å². The molecule has 1 amide bonds. The minimum Gasteiger partial charge on any atom is -0.508 e. The first kappa shape index (κ1) is 15.4. The van der Waals surface area contributed by atoms with E-state index in [0.717, 1.165) is 22.2 Å². The summed E-state index contributed by atoms with van der Waals surface area (Å²) in [5, 5.41) is 13.1. The number of fused-ring (bicyclic) bond motifs is 1. The third kappa shape index (κ3) is 3.45. The number of benzene rings is 1. The number of amides is 1. The van der Waals surface area contributed by atoms with Crippen LogP contribution >= 0.6 is 11.8 Å².